The molecule has 0 radical (unpaired) electrons. The van der Waals surface area contributed by atoms with Crippen molar-refractivity contribution < 1.29 is 33.0 Å². The van der Waals surface area contributed by atoms with Crippen LogP contribution in [0.15, 0.2) is 0 Å². The van der Waals surface area contributed by atoms with E-state index in [1.165, 1.54) is 96.3 Å². The Morgan fingerprint density at radius 2 is 0.818 bits per heavy atom. The van der Waals surface area contributed by atoms with E-state index in [9.17, 15) is 0 Å². The second kappa shape index (κ2) is 15.3. The van der Waals surface area contributed by atoms with Gasteiger partial charge >= 0.3 is 214 Å². The van der Waals surface area contributed by atoms with Gasteiger partial charge < -0.3 is 0 Å². The fourth-order valence-corrected chi connectivity index (χ4v) is 26.2. The molecule has 0 amide bonds. The Balaban J connectivity index is 2.03. The molecule has 0 aliphatic heterocycles. The summed E-state index contributed by atoms with van der Waals surface area (Å²) in [6.45, 7) is 8.75. The molecule has 3 fully saturated rings. The van der Waals surface area contributed by atoms with Crippen molar-refractivity contribution in [2.75, 3.05) is 19.8 Å². The van der Waals surface area contributed by atoms with Crippen molar-refractivity contribution in [3.63, 3.8) is 0 Å². The molecule has 0 aromatic rings. The normalized spacial score (nSPS) is 22.6. The zero-order chi connectivity index (χ0) is 23.4. The standard InChI is InChI=1S/C18H33OSi.3C3H7O.Zr/c19-20(16-10-4-1-5-11-16,17-12-6-2-7-13-17)18-14-8-3-9-15-18;3*1-2-3-4;/h16-18H,1-15H2;3*2-3H2,1H3;/q4*-1;+4. The van der Waals surface area contributed by atoms with Crippen LogP contribution in [0.1, 0.15) is 136 Å². The van der Waals surface area contributed by atoms with Gasteiger partial charge in [0.25, 0.3) is 0 Å². The predicted octanol–water partition coefficient (Wildman–Crippen LogP) is 9.05. The van der Waals surface area contributed by atoms with Gasteiger partial charge in [-0.1, -0.05) is 0 Å². The minimum absolute atomic E-state index is 0.716. The summed E-state index contributed by atoms with van der Waals surface area (Å²) in [7, 11) is -2.16. The van der Waals surface area contributed by atoms with Crippen LogP contribution in [-0.2, 0) is 33.0 Å². The molecule has 33 heavy (non-hydrogen) atoms. The third-order valence-corrected chi connectivity index (χ3v) is 23.2. The Kier molecular flexibility index (Phi) is 13.2. The monoisotopic (exact) mass is 560 g/mol. The van der Waals surface area contributed by atoms with Gasteiger partial charge in [0.15, 0.2) is 0 Å². The van der Waals surface area contributed by atoms with E-state index in [2.05, 4.69) is 20.8 Å². The van der Waals surface area contributed by atoms with E-state index >= 15 is 0 Å². The molecule has 194 valence electrons. The van der Waals surface area contributed by atoms with E-state index in [1.807, 2.05) is 0 Å². The van der Waals surface area contributed by atoms with Gasteiger partial charge in [0.2, 0.25) is 0 Å². The van der Waals surface area contributed by atoms with Crippen LogP contribution in [0.4, 0.5) is 0 Å². The number of hydrogen-bond acceptors (Lipinski definition) is 4. The first kappa shape index (κ1) is 28.5. The fraction of sp³-hybridized carbons (Fsp3) is 1.00. The molecule has 3 aliphatic rings. The summed E-state index contributed by atoms with van der Waals surface area (Å²) in [5.41, 5.74) is 2.36. The van der Waals surface area contributed by atoms with Crippen LogP contribution in [-0.4, -0.2) is 28.1 Å². The van der Waals surface area contributed by atoms with Crippen LogP contribution < -0.4 is 0 Å². The first-order chi connectivity index (χ1) is 16.2. The summed E-state index contributed by atoms with van der Waals surface area (Å²) in [4.78, 5) is 0. The molecular formula is C27H54O4SiZr. The topological polar surface area (TPSA) is 36.9 Å². The third kappa shape index (κ3) is 7.71. The van der Waals surface area contributed by atoms with Gasteiger partial charge in [-0.15, -0.1) is 0 Å². The van der Waals surface area contributed by atoms with Crippen molar-refractivity contribution >= 4 is 8.32 Å². The molecule has 0 atom stereocenters. The van der Waals surface area contributed by atoms with Gasteiger partial charge in [0.1, 0.15) is 0 Å². The average molecular weight is 562 g/mol. The summed E-state index contributed by atoms with van der Waals surface area (Å²) < 4.78 is 27.9. The van der Waals surface area contributed by atoms with Crippen LogP contribution in [0.5, 0.6) is 0 Å². The molecule has 3 saturated carbocycles. The van der Waals surface area contributed by atoms with Gasteiger partial charge in [-0.3, -0.25) is 0 Å². The van der Waals surface area contributed by atoms with Crippen LogP contribution in [0.25, 0.3) is 0 Å². The van der Waals surface area contributed by atoms with Gasteiger partial charge in [0, 0.05) is 0 Å². The Bertz CT molecular complexity index is 449. The van der Waals surface area contributed by atoms with Crippen LogP contribution in [0.2, 0.25) is 16.6 Å². The SMILES string of the molecule is CCC[O][Zr]([O]CCC)([O]CCC)[O][Si](C1CCCCC1)(C1CCCCC1)C1CCCCC1. The van der Waals surface area contributed by atoms with Crippen LogP contribution in [0.3, 0.4) is 0 Å². The molecule has 0 aromatic carbocycles. The van der Waals surface area contributed by atoms with Gasteiger partial charge in [0.05, 0.1) is 0 Å². The van der Waals surface area contributed by atoms with E-state index in [-0.39, 0.29) is 0 Å². The Labute approximate surface area is 213 Å². The Hall–Kier alpha value is 0.940. The molecule has 0 aromatic heterocycles. The van der Waals surface area contributed by atoms with E-state index < -0.39 is 30.3 Å². The van der Waals surface area contributed by atoms with Gasteiger partial charge in [-0.2, -0.15) is 0 Å². The van der Waals surface area contributed by atoms with E-state index in [1.54, 1.807) is 0 Å². The quantitative estimate of drug-likeness (QED) is 0.198. The third-order valence-electron chi connectivity index (χ3n) is 8.48. The second-order valence-corrected chi connectivity index (χ2v) is 21.5. The molecule has 0 bridgehead atoms. The predicted molar refractivity (Wildman–Crippen MR) is 136 cm³/mol. The van der Waals surface area contributed by atoms with E-state index in [4.69, 9.17) is 10.9 Å². The summed E-state index contributed by atoms with van der Waals surface area (Å²) in [5.74, 6) is 0. The van der Waals surface area contributed by atoms with Crippen molar-refractivity contribution in [2.45, 2.75) is 153 Å². The second-order valence-electron chi connectivity index (χ2n) is 11.0. The van der Waals surface area contributed by atoms with Crippen molar-refractivity contribution in [1.29, 1.82) is 0 Å². The molecule has 0 heterocycles. The van der Waals surface area contributed by atoms with Gasteiger partial charge in [-0.25, -0.2) is 0 Å². The van der Waals surface area contributed by atoms with Crippen LogP contribution in [0, 0.1) is 0 Å². The average Bonchev–Trinajstić information content (AvgIpc) is 2.89. The van der Waals surface area contributed by atoms with Crippen molar-refractivity contribution in [2.24, 2.45) is 0 Å². The first-order valence-corrected chi connectivity index (χ1v) is 21.0. The number of rotatable bonds is 14. The number of hydrogen-bond donors (Lipinski definition) is 0. The molecule has 0 N–H and O–H groups in total. The zero-order valence-electron chi connectivity index (χ0n) is 22.2. The molecule has 4 nitrogen and oxygen atoms in total. The molecular weight excluding hydrogens is 508 g/mol. The van der Waals surface area contributed by atoms with E-state index in [0.717, 1.165) is 35.9 Å². The maximum atomic E-state index is 7.83. The maximum absolute atomic E-state index is 7.83. The summed E-state index contributed by atoms with van der Waals surface area (Å²) in [6, 6.07) is 0. The van der Waals surface area contributed by atoms with Crippen molar-refractivity contribution in [3.8, 4) is 0 Å². The van der Waals surface area contributed by atoms with E-state index in [0.29, 0.717) is 19.8 Å². The molecule has 3 rings (SSSR count). The summed E-state index contributed by atoms with van der Waals surface area (Å²) >= 11 is -4.15. The van der Waals surface area contributed by atoms with Crippen molar-refractivity contribution in [3.05, 3.63) is 0 Å². The zero-order valence-corrected chi connectivity index (χ0v) is 25.7. The van der Waals surface area contributed by atoms with Crippen molar-refractivity contribution in [1.82, 2.24) is 0 Å². The minimum atomic E-state index is -4.15. The summed E-state index contributed by atoms with van der Waals surface area (Å²) in [6.07, 6.45) is 23.9. The van der Waals surface area contributed by atoms with Gasteiger partial charge in [-0.05, 0) is 0 Å². The fourth-order valence-electron chi connectivity index (χ4n) is 7.02. The van der Waals surface area contributed by atoms with Crippen LogP contribution >= 0.6 is 0 Å². The molecule has 0 saturated heterocycles. The summed E-state index contributed by atoms with van der Waals surface area (Å²) in [5, 5.41) is 0. The molecule has 3 aliphatic carbocycles. The Morgan fingerprint density at radius 3 is 1.09 bits per heavy atom. The Morgan fingerprint density at radius 1 is 0.515 bits per heavy atom. The molecule has 0 spiro atoms. The first-order valence-electron chi connectivity index (χ1n) is 14.8. The molecule has 6 heteroatoms. The molecule has 0 unspecified atom stereocenters.